The van der Waals surface area contributed by atoms with Crippen molar-refractivity contribution in [1.29, 1.82) is 0 Å². The van der Waals surface area contributed by atoms with Gasteiger partial charge in [0.05, 0.1) is 13.2 Å². The van der Waals surface area contributed by atoms with Gasteiger partial charge < -0.3 is 23.9 Å². The van der Waals surface area contributed by atoms with Crippen LogP contribution in [0.1, 0.15) is 52.6 Å². The van der Waals surface area contributed by atoms with Crippen LogP contribution in [0.5, 0.6) is 11.5 Å². The molecule has 1 amide bonds. The van der Waals surface area contributed by atoms with E-state index in [1.165, 1.54) is 0 Å². The Labute approximate surface area is 162 Å². The van der Waals surface area contributed by atoms with Crippen molar-refractivity contribution >= 4 is 5.91 Å². The van der Waals surface area contributed by atoms with E-state index >= 15 is 0 Å². The van der Waals surface area contributed by atoms with Gasteiger partial charge in [-0.2, -0.15) is 0 Å². The smallest absolute Gasteiger partial charge is 0.349 e. The van der Waals surface area contributed by atoms with Gasteiger partial charge in [-0.1, -0.05) is 6.07 Å². The molecule has 3 heterocycles. The largest absolute Gasteiger partial charge is 0.490 e. The predicted octanol–water partition coefficient (Wildman–Crippen LogP) is 2.89. The second-order valence-corrected chi connectivity index (χ2v) is 7.01. The third-order valence-electron chi connectivity index (χ3n) is 4.91. The summed E-state index contributed by atoms with van der Waals surface area (Å²) < 4.78 is 22.2. The molecule has 2 aromatic rings. The molecule has 0 saturated carbocycles. The average Bonchev–Trinajstić information content (AvgIpc) is 3.11. The maximum atomic E-state index is 12.6. The first-order valence-electron chi connectivity index (χ1n) is 9.55. The van der Waals surface area contributed by atoms with E-state index in [1.54, 1.807) is 13.0 Å². The van der Waals surface area contributed by atoms with Crippen molar-refractivity contribution in [2.24, 2.45) is 0 Å². The summed E-state index contributed by atoms with van der Waals surface area (Å²) >= 11 is 0. The Hall–Kier alpha value is -2.80. The molecule has 7 heteroatoms. The number of hydrogen-bond acceptors (Lipinski definition) is 6. The number of benzene rings is 1. The van der Waals surface area contributed by atoms with Gasteiger partial charge in [0, 0.05) is 19.6 Å². The van der Waals surface area contributed by atoms with Gasteiger partial charge in [0.25, 0.3) is 5.91 Å². The highest BCUT2D eigenvalue weighted by Crippen LogP contribution is 2.30. The first-order chi connectivity index (χ1) is 13.6. The molecular formula is C21H23NO6. The van der Waals surface area contributed by atoms with Gasteiger partial charge in [0.2, 0.25) is 0 Å². The van der Waals surface area contributed by atoms with Crippen molar-refractivity contribution in [3.63, 3.8) is 0 Å². The van der Waals surface area contributed by atoms with Crippen LogP contribution in [-0.4, -0.2) is 25.7 Å². The zero-order chi connectivity index (χ0) is 19.5. The molecule has 0 bridgehead atoms. The number of fused-ring (bicyclic) bond motifs is 1. The molecule has 7 nitrogen and oxygen atoms in total. The summed E-state index contributed by atoms with van der Waals surface area (Å²) in [6.07, 6.45) is 2.38. The molecule has 28 heavy (non-hydrogen) atoms. The minimum Gasteiger partial charge on any atom is -0.490 e. The summed E-state index contributed by atoms with van der Waals surface area (Å²) in [6, 6.07) is 7.26. The summed E-state index contributed by atoms with van der Waals surface area (Å²) in [5, 5.41) is 2.78. The topological polar surface area (TPSA) is 87.0 Å². The molecule has 1 atom stereocenters. The van der Waals surface area contributed by atoms with Crippen LogP contribution < -0.4 is 20.4 Å². The van der Waals surface area contributed by atoms with Crippen molar-refractivity contribution < 1.29 is 23.4 Å². The predicted molar refractivity (Wildman–Crippen MR) is 101 cm³/mol. The van der Waals surface area contributed by atoms with Crippen LogP contribution in [0, 0.1) is 6.92 Å². The number of amides is 1. The van der Waals surface area contributed by atoms with Crippen molar-refractivity contribution in [2.45, 2.75) is 38.8 Å². The number of rotatable bonds is 4. The second kappa shape index (κ2) is 8.06. The van der Waals surface area contributed by atoms with Crippen molar-refractivity contribution in [1.82, 2.24) is 5.32 Å². The van der Waals surface area contributed by atoms with E-state index in [1.807, 2.05) is 18.2 Å². The maximum absolute atomic E-state index is 12.6. The van der Waals surface area contributed by atoms with Crippen LogP contribution in [0.15, 0.2) is 33.5 Å². The molecule has 1 unspecified atom stereocenters. The number of ether oxygens (including phenoxy) is 3. The molecule has 0 spiro atoms. The lowest BCUT2D eigenvalue weighted by Crippen LogP contribution is -2.29. The average molecular weight is 385 g/mol. The minimum absolute atomic E-state index is 0.0242. The molecule has 1 saturated heterocycles. The van der Waals surface area contributed by atoms with E-state index in [0.29, 0.717) is 42.6 Å². The summed E-state index contributed by atoms with van der Waals surface area (Å²) in [6.45, 7) is 3.88. The standard InChI is InChI=1S/C21H23NO6/c1-13-10-18(15-4-2-7-25-15)28-21(24)19(13)20(23)22-12-14-5-6-16-17(11-14)27-9-3-8-26-16/h5-6,10-11,15H,2-4,7-9,12H2,1H3,(H,22,23). The Bertz CT molecular complexity index is 929. The highest BCUT2D eigenvalue weighted by Gasteiger charge is 2.24. The van der Waals surface area contributed by atoms with E-state index in [9.17, 15) is 9.59 Å². The van der Waals surface area contributed by atoms with Gasteiger partial charge in [-0.05, 0) is 49.1 Å². The third-order valence-corrected chi connectivity index (χ3v) is 4.91. The van der Waals surface area contributed by atoms with Crippen LogP contribution >= 0.6 is 0 Å². The molecule has 4 rings (SSSR count). The van der Waals surface area contributed by atoms with E-state index in [-0.39, 0.29) is 18.2 Å². The molecule has 2 aliphatic heterocycles. The van der Waals surface area contributed by atoms with Gasteiger partial charge in [-0.25, -0.2) is 4.79 Å². The molecular weight excluding hydrogens is 362 g/mol. The highest BCUT2D eigenvalue weighted by molar-refractivity contribution is 5.95. The SMILES string of the molecule is Cc1cc(C2CCCO2)oc(=O)c1C(=O)NCc1ccc2c(c1)OCCCO2. The maximum Gasteiger partial charge on any atom is 0.349 e. The molecule has 1 aromatic heterocycles. The van der Waals surface area contributed by atoms with E-state index in [2.05, 4.69) is 5.32 Å². The molecule has 148 valence electrons. The lowest BCUT2D eigenvalue weighted by atomic mass is 10.1. The molecule has 0 aliphatic carbocycles. The lowest BCUT2D eigenvalue weighted by molar-refractivity contribution is 0.0882. The quantitative estimate of drug-likeness (QED) is 0.871. The van der Waals surface area contributed by atoms with Gasteiger partial charge >= 0.3 is 5.63 Å². The number of carbonyl (C=O) groups excluding carboxylic acids is 1. The Morgan fingerprint density at radius 1 is 1.11 bits per heavy atom. The van der Waals surface area contributed by atoms with Gasteiger partial charge in [-0.15, -0.1) is 0 Å². The first-order valence-corrected chi connectivity index (χ1v) is 9.55. The Balaban J connectivity index is 1.46. The Morgan fingerprint density at radius 2 is 1.93 bits per heavy atom. The van der Waals surface area contributed by atoms with E-state index < -0.39 is 11.5 Å². The number of carbonyl (C=O) groups is 1. The summed E-state index contributed by atoms with van der Waals surface area (Å²) in [5.74, 6) is 1.39. The second-order valence-electron chi connectivity index (χ2n) is 7.01. The van der Waals surface area contributed by atoms with Crippen LogP contribution in [0.2, 0.25) is 0 Å². The van der Waals surface area contributed by atoms with E-state index in [4.69, 9.17) is 18.6 Å². The number of nitrogens with one attached hydrogen (secondary N) is 1. The van der Waals surface area contributed by atoms with Gasteiger partial charge in [0.1, 0.15) is 17.4 Å². The van der Waals surface area contributed by atoms with Gasteiger partial charge in [0.15, 0.2) is 11.5 Å². The monoisotopic (exact) mass is 385 g/mol. The summed E-state index contributed by atoms with van der Waals surface area (Å²) in [5.41, 5.74) is 0.825. The zero-order valence-electron chi connectivity index (χ0n) is 15.8. The fourth-order valence-corrected chi connectivity index (χ4v) is 3.45. The van der Waals surface area contributed by atoms with Crippen molar-refractivity contribution in [2.75, 3.05) is 19.8 Å². The minimum atomic E-state index is -0.637. The lowest BCUT2D eigenvalue weighted by Gasteiger charge is -2.12. The highest BCUT2D eigenvalue weighted by atomic mass is 16.5. The normalized spacial score (nSPS) is 18.5. The molecule has 1 aromatic carbocycles. The third kappa shape index (κ3) is 3.89. The fraction of sp³-hybridized carbons (Fsp3) is 0.429. The molecule has 2 aliphatic rings. The van der Waals surface area contributed by atoms with Crippen LogP contribution in [0.3, 0.4) is 0 Å². The zero-order valence-corrected chi connectivity index (χ0v) is 15.8. The molecule has 0 radical (unpaired) electrons. The van der Waals surface area contributed by atoms with Crippen molar-refractivity contribution in [3.8, 4) is 11.5 Å². The van der Waals surface area contributed by atoms with Crippen LogP contribution in [0.4, 0.5) is 0 Å². The number of hydrogen-bond donors (Lipinski definition) is 1. The number of aryl methyl sites for hydroxylation is 1. The summed E-state index contributed by atoms with van der Waals surface area (Å²) in [7, 11) is 0. The summed E-state index contributed by atoms with van der Waals surface area (Å²) in [4.78, 5) is 25.0. The Morgan fingerprint density at radius 3 is 2.68 bits per heavy atom. The molecule has 1 fully saturated rings. The van der Waals surface area contributed by atoms with Gasteiger partial charge in [-0.3, -0.25) is 4.79 Å². The Kier molecular flexibility index (Phi) is 5.34. The first kappa shape index (κ1) is 18.6. The van der Waals surface area contributed by atoms with Crippen LogP contribution in [0.25, 0.3) is 0 Å². The molecule has 1 N–H and O–H groups in total. The van der Waals surface area contributed by atoms with Crippen molar-refractivity contribution in [3.05, 3.63) is 57.1 Å². The fourth-order valence-electron chi connectivity index (χ4n) is 3.45. The van der Waals surface area contributed by atoms with Crippen LogP contribution in [-0.2, 0) is 11.3 Å². The van der Waals surface area contributed by atoms with E-state index in [0.717, 1.165) is 24.8 Å².